The predicted molar refractivity (Wildman–Crippen MR) is 45.8 cm³/mol. The molecule has 1 aromatic carbocycles. The Morgan fingerprint density at radius 2 is 2.00 bits per heavy atom. The standard InChI is InChI=1S/C9H12O3/c1-3-12-8-6-4-5-7(11-2)9(8)10/h4-6,10H,3H2,1-2H3. The Balaban J connectivity index is 2.97. The maximum atomic E-state index is 9.47. The van der Waals surface area contributed by atoms with Crippen LogP contribution in [0.3, 0.4) is 0 Å². The van der Waals surface area contributed by atoms with Crippen molar-refractivity contribution in [2.45, 2.75) is 6.92 Å². The third-order valence-corrected chi connectivity index (χ3v) is 1.48. The molecule has 0 aromatic heterocycles. The Labute approximate surface area is 71.5 Å². The quantitative estimate of drug-likeness (QED) is 0.747. The molecular formula is C9H12O3. The van der Waals surface area contributed by atoms with Crippen molar-refractivity contribution in [3.05, 3.63) is 18.2 Å². The van der Waals surface area contributed by atoms with Gasteiger partial charge in [0.15, 0.2) is 11.5 Å². The average molecular weight is 168 g/mol. The van der Waals surface area contributed by atoms with Gasteiger partial charge in [-0.15, -0.1) is 0 Å². The summed E-state index contributed by atoms with van der Waals surface area (Å²) in [4.78, 5) is 0. The number of para-hydroxylation sites is 1. The minimum Gasteiger partial charge on any atom is -0.502 e. The fraction of sp³-hybridized carbons (Fsp3) is 0.333. The van der Waals surface area contributed by atoms with E-state index in [0.29, 0.717) is 18.1 Å². The van der Waals surface area contributed by atoms with Gasteiger partial charge in [-0.2, -0.15) is 0 Å². The summed E-state index contributed by atoms with van der Waals surface area (Å²) >= 11 is 0. The van der Waals surface area contributed by atoms with Crippen LogP contribution < -0.4 is 9.47 Å². The molecule has 0 spiro atoms. The smallest absolute Gasteiger partial charge is 0.200 e. The van der Waals surface area contributed by atoms with Gasteiger partial charge in [-0.1, -0.05) is 6.07 Å². The SMILES string of the molecule is CCOc1cccc(OC)c1O. The molecule has 0 amide bonds. The molecule has 0 unspecified atom stereocenters. The highest BCUT2D eigenvalue weighted by Crippen LogP contribution is 2.35. The van der Waals surface area contributed by atoms with Crippen molar-refractivity contribution in [2.75, 3.05) is 13.7 Å². The molecule has 3 heteroatoms. The first kappa shape index (κ1) is 8.71. The zero-order valence-corrected chi connectivity index (χ0v) is 7.20. The molecule has 0 saturated heterocycles. The van der Waals surface area contributed by atoms with Crippen molar-refractivity contribution in [1.82, 2.24) is 0 Å². The van der Waals surface area contributed by atoms with E-state index in [1.54, 1.807) is 18.2 Å². The molecule has 1 rings (SSSR count). The van der Waals surface area contributed by atoms with Crippen LogP contribution in [-0.2, 0) is 0 Å². The summed E-state index contributed by atoms with van der Waals surface area (Å²) in [5, 5.41) is 9.47. The van der Waals surface area contributed by atoms with E-state index in [0.717, 1.165) is 0 Å². The van der Waals surface area contributed by atoms with E-state index in [1.807, 2.05) is 6.92 Å². The molecule has 0 fully saturated rings. The van der Waals surface area contributed by atoms with E-state index in [9.17, 15) is 5.11 Å². The highest BCUT2D eigenvalue weighted by Gasteiger charge is 2.06. The highest BCUT2D eigenvalue weighted by atomic mass is 16.5. The topological polar surface area (TPSA) is 38.7 Å². The second-order valence-corrected chi connectivity index (χ2v) is 2.24. The maximum Gasteiger partial charge on any atom is 0.200 e. The molecule has 0 saturated carbocycles. The minimum atomic E-state index is 0.0573. The van der Waals surface area contributed by atoms with E-state index < -0.39 is 0 Å². The summed E-state index contributed by atoms with van der Waals surface area (Å²) in [6.07, 6.45) is 0. The molecule has 1 N–H and O–H groups in total. The average Bonchev–Trinajstić information content (AvgIpc) is 2.09. The summed E-state index contributed by atoms with van der Waals surface area (Å²) in [5.74, 6) is 0.944. The third-order valence-electron chi connectivity index (χ3n) is 1.48. The fourth-order valence-corrected chi connectivity index (χ4v) is 0.939. The summed E-state index contributed by atoms with van der Waals surface area (Å²) < 4.78 is 10.1. The van der Waals surface area contributed by atoms with E-state index in [2.05, 4.69) is 0 Å². The molecule has 0 aliphatic carbocycles. The molecule has 0 heterocycles. The normalized spacial score (nSPS) is 9.50. The van der Waals surface area contributed by atoms with Crippen LogP contribution in [0, 0.1) is 0 Å². The molecule has 1 aromatic rings. The van der Waals surface area contributed by atoms with Gasteiger partial charge in [0.25, 0.3) is 0 Å². The maximum absolute atomic E-state index is 9.47. The van der Waals surface area contributed by atoms with E-state index in [-0.39, 0.29) is 5.75 Å². The lowest BCUT2D eigenvalue weighted by molar-refractivity contribution is 0.305. The van der Waals surface area contributed by atoms with Crippen molar-refractivity contribution in [3.8, 4) is 17.2 Å². The largest absolute Gasteiger partial charge is 0.502 e. The van der Waals surface area contributed by atoms with Gasteiger partial charge < -0.3 is 14.6 Å². The Morgan fingerprint density at radius 1 is 1.33 bits per heavy atom. The van der Waals surface area contributed by atoms with Gasteiger partial charge in [0.2, 0.25) is 5.75 Å². The van der Waals surface area contributed by atoms with Gasteiger partial charge in [0.05, 0.1) is 13.7 Å². The Kier molecular flexibility index (Phi) is 2.80. The molecule has 0 radical (unpaired) electrons. The number of ether oxygens (including phenoxy) is 2. The van der Waals surface area contributed by atoms with Gasteiger partial charge >= 0.3 is 0 Å². The summed E-state index contributed by atoms with van der Waals surface area (Å²) in [7, 11) is 1.50. The van der Waals surface area contributed by atoms with Gasteiger partial charge in [-0.3, -0.25) is 0 Å². The lowest BCUT2D eigenvalue weighted by Gasteiger charge is -2.08. The number of rotatable bonds is 3. The van der Waals surface area contributed by atoms with Crippen LogP contribution in [0.2, 0.25) is 0 Å². The Bertz CT molecular complexity index is 258. The number of methoxy groups -OCH3 is 1. The number of benzene rings is 1. The number of phenols is 1. The molecular weight excluding hydrogens is 156 g/mol. The number of hydrogen-bond donors (Lipinski definition) is 1. The Hall–Kier alpha value is -1.38. The van der Waals surface area contributed by atoms with Crippen molar-refractivity contribution >= 4 is 0 Å². The Morgan fingerprint density at radius 3 is 2.58 bits per heavy atom. The van der Waals surface area contributed by atoms with Crippen LogP contribution in [0.25, 0.3) is 0 Å². The van der Waals surface area contributed by atoms with E-state index >= 15 is 0 Å². The van der Waals surface area contributed by atoms with Crippen molar-refractivity contribution in [1.29, 1.82) is 0 Å². The van der Waals surface area contributed by atoms with Crippen LogP contribution in [0.4, 0.5) is 0 Å². The molecule has 0 atom stereocenters. The minimum absolute atomic E-state index is 0.0573. The monoisotopic (exact) mass is 168 g/mol. The van der Waals surface area contributed by atoms with Crippen LogP contribution in [0.1, 0.15) is 6.92 Å². The first-order valence-electron chi connectivity index (χ1n) is 3.78. The first-order valence-corrected chi connectivity index (χ1v) is 3.78. The molecule has 0 aliphatic heterocycles. The molecule has 3 nitrogen and oxygen atoms in total. The third kappa shape index (κ3) is 1.61. The summed E-state index contributed by atoms with van der Waals surface area (Å²) in [6, 6.07) is 5.14. The van der Waals surface area contributed by atoms with Crippen molar-refractivity contribution in [3.63, 3.8) is 0 Å². The lowest BCUT2D eigenvalue weighted by Crippen LogP contribution is -1.92. The summed E-state index contributed by atoms with van der Waals surface area (Å²) in [5.41, 5.74) is 0. The first-order chi connectivity index (χ1) is 5.79. The zero-order chi connectivity index (χ0) is 8.97. The summed E-state index contributed by atoms with van der Waals surface area (Å²) in [6.45, 7) is 2.39. The molecule has 0 aliphatic rings. The van der Waals surface area contributed by atoms with Gasteiger partial charge in [0, 0.05) is 0 Å². The van der Waals surface area contributed by atoms with Crippen molar-refractivity contribution < 1.29 is 14.6 Å². The lowest BCUT2D eigenvalue weighted by atomic mass is 10.3. The molecule has 66 valence electrons. The second-order valence-electron chi connectivity index (χ2n) is 2.24. The number of hydrogen-bond acceptors (Lipinski definition) is 3. The molecule has 12 heavy (non-hydrogen) atoms. The highest BCUT2D eigenvalue weighted by molar-refractivity contribution is 5.49. The van der Waals surface area contributed by atoms with E-state index in [1.165, 1.54) is 7.11 Å². The van der Waals surface area contributed by atoms with Crippen LogP contribution in [0.5, 0.6) is 17.2 Å². The number of phenolic OH excluding ortho intramolecular Hbond substituents is 1. The van der Waals surface area contributed by atoms with E-state index in [4.69, 9.17) is 9.47 Å². The van der Waals surface area contributed by atoms with Gasteiger partial charge in [-0.05, 0) is 19.1 Å². The van der Waals surface area contributed by atoms with Crippen molar-refractivity contribution in [2.24, 2.45) is 0 Å². The zero-order valence-electron chi connectivity index (χ0n) is 7.20. The van der Waals surface area contributed by atoms with Gasteiger partial charge in [0.1, 0.15) is 0 Å². The van der Waals surface area contributed by atoms with Crippen LogP contribution in [0.15, 0.2) is 18.2 Å². The predicted octanol–water partition coefficient (Wildman–Crippen LogP) is 1.80. The van der Waals surface area contributed by atoms with Crippen LogP contribution >= 0.6 is 0 Å². The van der Waals surface area contributed by atoms with Crippen LogP contribution in [-0.4, -0.2) is 18.8 Å². The fourth-order valence-electron chi connectivity index (χ4n) is 0.939. The molecule has 0 bridgehead atoms. The second kappa shape index (κ2) is 3.85. The van der Waals surface area contributed by atoms with Gasteiger partial charge in [-0.25, -0.2) is 0 Å². The number of aromatic hydroxyl groups is 1.